The number of aryl methyl sites for hydroxylation is 1. The molecule has 0 fully saturated rings. The molecular formula is C15H9F2NO3. The molecular weight excluding hydrogens is 280 g/mol. The van der Waals surface area contributed by atoms with Gasteiger partial charge >= 0.3 is 5.76 Å². The summed E-state index contributed by atoms with van der Waals surface area (Å²) in [6.45, 7) is 0. The highest BCUT2D eigenvalue weighted by molar-refractivity contribution is 6.10. The van der Waals surface area contributed by atoms with E-state index in [4.69, 9.17) is 4.42 Å². The third-order valence-corrected chi connectivity index (χ3v) is 3.24. The molecule has 0 radical (unpaired) electrons. The number of carbonyl (C=O) groups is 1. The van der Waals surface area contributed by atoms with Crippen molar-refractivity contribution in [3.8, 4) is 0 Å². The number of rotatable bonds is 2. The van der Waals surface area contributed by atoms with Crippen LogP contribution in [0.15, 0.2) is 45.6 Å². The average molecular weight is 289 g/mol. The zero-order chi connectivity index (χ0) is 15.1. The number of benzene rings is 2. The maximum atomic E-state index is 13.6. The van der Waals surface area contributed by atoms with Gasteiger partial charge in [-0.1, -0.05) is 6.07 Å². The summed E-state index contributed by atoms with van der Waals surface area (Å²) in [5.41, 5.74) is 0.0895. The van der Waals surface area contributed by atoms with Crippen LogP contribution in [0.25, 0.3) is 11.1 Å². The molecule has 0 spiro atoms. The van der Waals surface area contributed by atoms with Crippen molar-refractivity contribution < 1.29 is 18.0 Å². The number of nitrogens with zero attached hydrogens (tertiary/aromatic N) is 1. The number of hydrogen-bond acceptors (Lipinski definition) is 3. The van der Waals surface area contributed by atoms with Gasteiger partial charge in [0.15, 0.2) is 11.4 Å². The number of hydrogen-bond donors (Lipinski definition) is 0. The molecule has 4 nitrogen and oxygen atoms in total. The van der Waals surface area contributed by atoms with Crippen LogP contribution in [0.4, 0.5) is 8.78 Å². The first kappa shape index (κ1) is 13.2. The molecule has 0 atom stereocenters. The molecule has 0 N–H and O–H groups in total. The van der Waals surface area contributed by atoms with Gasteiger partial charge in [0.25, 0.3) is 0 Å². The summed E-state index contributed by atoms with van der Waals surface area (Å²) in [4.78, 5) is 23.6. The van der Waals surface area contributed by atoms with Crippen LogP contribution in [0.3, 0.4) is 0 Å². The van der Waals surface area contributed by atoms with Crippen molar-refractivity contribution in [1.82, 2.24) is 4.57 Å². The van der Waals surface area contributed by atoms with E-state index < -0.39 is 28.7 Å². The van der Waals surface area contributed by atoms with Gasteiger partial charge < -0.3 is 4.42 Å². The summed E-state index contributed by atoms with van der Waals surface area (Å²) < 4.78 is 33.5. The van der Waals surface area contributed by atoms with E-state index in [-0.39, 0.29) is 11.1 Å². The molecule has 6 heteroatoms. The number of ketones is 1. The molecule has 3 aromatic rings. The van der Waals surface area contributed by atoms with Gasteiger partial charge in [-0.2, -0.15) is 0 Å². The predicted octanol–water partition coefficient (Wildman–Crippen LogP) is 2.64. The zero-order valence-corrected chi connectivity index (χ0v) is 10.9. The summed E-state index contributed by atoms with van der Waals surface area (Å²) in [6, 6.07) is 7.39. The molecule has 0 unspecified atom stereocenters. The van der Waals surface area contributed by atoms with E-state index in [9.17, 15) is 18.4 Å². The number of aromatic nitrogens is 1. The highest BCUT2D eigenvalue weighted by Crippen LogP contribution is 2.20. The van der Waals surface area contributed by atoms with Crippen molar-refractivity contribution in [3.63, 3.8) is 0 Å². The van der Waals surface area contributed by atoms with Gasteiger partial charge in [-0.3, -0.25) is 9.36 Å². The second-order valence-corrected chi connectivity index (χ2v) is 4.54. The van der Waals surface area contributed by atoms with Crippen LogP contribution < -0.4 is 5.76 Å². The Morgan fingerprint density at radius 2 is 1.81 bits per heavy atom. The molecule has 0 aliphatic carbocycles. The molecule has 1 aromatic heterocycles. The van der Waals surface area contributed by atoms with E-state index in [1.807, 2.05) is 0 Å². The van der Waals surface area contributed by atoms with E-state index in [1.165, 1.54) is 35.9 Å². The molecule has 3 rings (SSSR count). The van der Waals surface area contributed by atoms with E-state index in [0.717, 1.165) is 12.1 Å². The van der Waals surface area contributed by atoms with Gasteiger partial charge in [-0.15, -0.1) is 0 Å². The largest absolute Gasteiger partial charge is 0.419 e. The second-order valence-electron chi connectivity index (χ2n) is 4.54. The van der Waals surface area contributed by atoms with Crippen molar-refractivity contribution in [1.29, 1.82) is 0 Å². The summed E-state index contributed by atoms with van der Waals surface area (Å²) in [5.74, 6) is -3.25. The Balaban J connectivity index is 2.16. The van der Waals surface area contributed by atoms with E-state index in [2.05, 4.69) is 0 Å². The molecule has 0 saturated heterocycles. The van der Waals surface area contributed by atoms with Gasteiger partial charge in [-0.25, -0.2) is 13.6 Å². The van der Waals surface area contributed by atoms with Gasteiger partial charge in [0.05, 0.1) is 11.1 Å². The van der Waals surface area contributed by atoms with Crippen molar-refractivity contribution >= 4 is 16.9 Å². The third-order valence-electron chi connectivity index (χ3n) is 3.24. The first-order chi connectivity index (χ1) is 9.99. The zero-order valence-electron chi connectivity index (χ0n) is 10.9. The number of oxazole rings is 1. The van der Waals surface area contributed by atoms with E-state index in [1.54, 1.807) is 0 Å². The molecule has 0 aliphatic rings. The lowest BCUT2D eigenvalue weighted by Crippen LogP contribution is -2.08. The van der Waals surface area contributed by atoms with Crippen LogP contribution in [-0.4, -0.2) is 10.4 Å². The average Bonchev–Trinajstić information content (AvgIpc) is 2.73. The van der Waals surface area contributed by atoms with Crippen molar-refractivity contribution in [2.75, 3.05) is 0 Å². The van der Waals surface area contributed by atoms with Crippen LogP contribution in [0.5, 0.6) is 0 Å². The fraction of sp³-hybridized carbons (Fsp3) is 0.0667. The van der Waals surface area contributed by atoms with E-state index in [0.29, 0.717) is 5.52 Å². The maximum Gasteiger partial charge on any atom is 0.419 e. The van der Waals surface area contributed by atoms with Crippen LogP contribution in [0.2, 0.25) is 0 Å². The molecule has 0 aliphatic heterocycles. The predicted molar refractivity (Wildman–Crippen MR) is 71.2 cm³/mol. The molecule has 21 heavy (non-hydrogen) atoms. The van der Waals surface area contributed by atoms with Crippen LogP contribution in [0.1, 0.15) is 15.9 Å². The number of halogens is 2. The number of fused-ring (bicyclic) bond motifs is 1. The Labute approximate surface area is 117 Å². The second kappa shape index (κ2) is 4.66. The highest BCUT2D eigenvalue weighted by atomic mass is 19.1. The molecule has 106 valence electrons. The van der Waals surface area contributed by atoms with Gasteiger partial charge in [0.2, 0.25) is 0 Å². The lowest BCUT2D eigenvalue weighted by molar-refractivity contribution is 0.103. The Hall–Kier alpha value is -2.76. The van der Waals surface area contributed by atoms with Gasteiger partial charge in [0.1, 0.15) is 11.6 Å². The Bertz CT molecular complexity index is 904. The number of carbonyl (C=O) groups excluding carboxylic acids is 1. The SMILES string of the molecule is Cn1c(=O)oc2cc(C(=O)c3c(F)cccc3F)ccc21. The molecule has 1 heterocycles. The van der Waals surface area contributed by atoms with Crippen molar-refractivity contribution in [2.24, 2.45) is 7.05 Å². The standard InChI is InChI=1S/C15H9F2NO3/c1-18-11-6-5-8(7-12(11)21-15(18)20)14(19)13-9(16)3-2-4-10(13)17/h2-7H,1H3. The third kappa shape index (κ3) is 2.05. The minimum absolute atomic E-state index is 0.0425. The van der Waals surface area contributed by atoms with Crippen LogP contribution >= 0.6 is 0 Å². The topological polar surface area (TPSA) is 52.2 Å². The summed E-state index contributed by atoms with van der Waals surface area (Å²) >= 11 is 0. The Kier molecular flexibility index (Phi) is 2.94. The van der Waals surface area contributed by atoms with E-state index >= 15 is 0 Å². The lowest BCUT2D eigenvalue weighted by Gasteiger charge is -2.04. The highest BCUT2D eigenvalue weighted by Gasteiger charge is 2.20. The first-order valence-electron chi connectivity index (χ1n) is 6.07. The molecule has 0 amide bonds. The Morgan fingerprint density at radius 1 is 1.14 bits per heavy atom. The maximum absolute atomic E-state index is 13.6. The minimum Gasteiger partial charge on any atom is -0.408 e. The lowest BCUT2D eigenvalue weighted by atomic mass is 10.0. The van der Waals surface area contributed by atoms with Crippen LogP contribution in [-0.2, 0) is 7.05 Å². The normalized spacial score (nSPS) is 11.0. The fourth-order valence-corrected chi connectivity index (χ4v) is 2.13. The van der Waals surface area contributed by atoms with Crippen molar-refractivity contribution in [2.45, 2.75) is 0 Å². The quantitative estimate of drug-likeness (QED) is 0.681. The fourth-order valence-electron chi connectivity index (χ4n) is 2.13. The molecule has 0 saturated carbocycles. The summed E-state index contributed by atoms with van der Waals surface area (Å²) in [6.07, 6.45) is 0. The monoisotopic (exact) mass is 289 g/mol. The first-order valence-corrected chi connectivity index (χ1v) is 6.07. The Morgan fingerprint density at radius 3 is 2.48 bits per heavy atom. The van der Waals surface area contributed by atoms with Gasteiger partial charge in [0, 0.05) is 12.6 Å². The van der Waals surface area contributed by atoms with Gasteiger partial charge in [-0.05, 0) is 30.3 Å². The molecule has 2 aromatic carbocycles. The molecule has 0 bridgehead atoms. The minimum atomic E-state index is -0.936. The summed E-state index contributed by atoms with van der Waals surface area (Å²) in [7, 11) is 1.52. The van der Waals surface area contributed by atoms with Crippen molar-refractivity contribution in [3.05, 3.63) is 69.7 Å². The summed E-state index contributed by atoms with van der Waals surface area (Å²) in [5, 5.41) is 0. The smallest absolute Gasteiger partial charge is 0.408 e. The van der Waals surface area contributed by atoms with Crippen LogP contribution in [0, 0.1) is 11.6 Å².